The molecule has 0 aromatic carbocycles. The number of ketones is 1. The third-order valence-corrected chi connectivity index (χ3v) is 3.98. The molecule has 1 unspecified atom stereocenters. The first-order valence-electron chi connectivity index (χ1n) is 8.32. The highest BCUT2D eigenvalue weighted by Crippen LogP contribution is 2.11. The molecule has 142 valence electrons. The van der Waals surface area contributed by atoms with E-state index in [2.05, 4.69) is 25.3 Å². The first-order chi connectivity index (χ1) is 13.5. The Labute approximate surface area is 159 Å². The summed E-state index contributed by atoms with van der Waals surface area (Å²) in [5.74, 6) is -1.89. The number of aryl methyl sites for hydroxylation is 1. The molecule has 3 heterocycles. The zero-order valence-corrected chi connectivity index (χ0v) is 14.9. The molecule has 0 spiro atoms. The molecular formula is C18H17N7O3. The summed E-state index contributed by atoms with van der Waals surface area (Å²) >= 11 is 0. The van der Waals surface area contributed by atoms with Crippen LogP contribution in [0.15, 0.2) is 49.2 Å². The van der Waals surface area contributed by atoms with Gasteiger partial charge in [0.1, 0.15) is 17.6 Å². The summed E-state index contributed by atoms with van der Waals surface area (Å²) in [6, 6.07) is 3.87. The number of Topliss-reactive ketones (excluding diaryl/α,β-unsaturated/α-hetero) is 1. The third kappa shape index (κ3) is 4.06. The maximum Gasteiger partial charge on any atom is 0.287 e. The van der Waals surface area contributed by atoms with Crippen molar-refractivity contribution in [2.24, 2.45) is 5.73 Å². The summed E-state index contributed by atoms with van der Waals surface area (Å²) in [5, 5.41) is 2.56. The number of rotatable bonds is 7. The lowest BCUT2D eigenvalue weighted by Crippen LogP contribution is -2.47. The van der Waals surface area contributed by atoms with Gasteiger partial charge in [-0.25, -0.2) is 15.0 Å². The molecule has 28 heavy (non-hydrogen) atoms. The average molecular weight is 379 g/mol. The minimum absolute atomic E-state index is 0.0883. The van der Waals surface area contributed by atoms with Crippen LogP contribution in [0.1, 0.15) is 21.9 Å². The summed E-state index contributed by atoms with van der Waals surface area (Å²) in [6.07, 6.45) is 7.60. The second-order valence-electron chi connectivity index (χ2n) is 5.89. The van der Waals surface area contributed by atoms with Gasteiger partial charge in [0.25, 0.3) is 11.8 Å². The van der Waals surface area contributed by atoms with Crippen LogP contribution in [0.2, 0.25) is 0 Å². The molecule has 10 heteroatoms. The first kappa shape index (κ1) is 18.8. The molecular weight excluding hydrogens is 362 g/mol. The van der Waals surface area contributed by atoms with Crippen LogP contribution in [0.4, 0.5) is 0 Å². The standard InChI is InChI=1S/C18H17N7O3/c1-11-23-10-14(25(11)18-21-5-2-6-22-18)17(28)24-13(15(26)16(19)27)9-12-3-7-20-8-4-12/h2-8,10,13H,9H2,1H3,(H2,19,27)(H,24,28). The summed E-state index contributed by atoms with van der Waals surface area (Å²) in [7, 11) is 0. The number of nitrogens with one attached hydrogen (secondary N) is 1. The number of hydrogen-bond acceptors (Lipinski definition) is 7. The average Bonchev–Trinajstić information content (AvgIpc) is 3.09. The molecule has 3 N–H and O–H groups in total. The summed E-state index contributed by atoms with van der Waals surface area (Å²) in [5.41, 5.74) is 5.98. The van der Waals surface area contributed by atoms with Gasteiger partial charge in [-0.1, -0.05) is 0 Å². The maximum absolute atomic E-state index is 12.8. The van der Waals surface area contributed by atoms with Crippen molar-refractivity contribution in [2.45, 2.75) is 19.4 Å². The Bertz CT molecular complexity index is 1000. The number of pyridine rings is 1. The Morgan fingerprint density at radius 2 is 1.79 bits per heavy atom. The number of imidazole rings is 1. The number of amides is 2. The Morgan fingerprint density at radius 3 is 2.43 bits per heavy atom. The number of primary amides is 1. The molecule has 0 saturated heterocycles. The van der Waals surface area contributed by atoms with Gasteiger partial charge in [0.15, 0.2) is 0 Å². The van der Waals surface area contributed by atoms with E-state index in [-0.39, 0.29) is 18.1 Å². The molecule has 0 radical (unpaired) electrons. The van der Waals surface area contributed by atoms with Crippen LogP contribution in [0.3, 0.4) is 0 Å². The molecule has 3 rings (SSSR count). The SMILES string of the molecule is Cc1ncc(C(=O)NC(Cc2ccncc2)C(=O)C(N)=O)n1-c1ncccn1. The molecule has 0 aliphatic carbocycles. The largest absolute Gasteiger partial charge is 0.363 e. The highest BCUT2D eigenvalue weighted by molar-refractivity contribution is 6.38. The first-order valence-corrected chi connectivity index (χ1v) is 8.32. The van der Waals surface area contributed by atoms with E-state index in [4.69, 9.17) is 5.73 Å². The Balaban J connectivity index is 1.89. The molecule has 0 aliphatic heterocycles. The molecule has 3 aromatic heterocycles. The Hall–Kier alpha value is -3.95. The Morgan fingerprint density at radius 1 is 1.11 bits per heavy atom. The highest BCUT2D eigenvalue weighted by atomic mass is 16.2. The van der Waals surface area contributed by atoms with Crippen molar-refractivity contribution >= 4 is 17.6 Å². The van der Waals surface area contributed by atoms with E-state index in [1.807, 2.05) is 0 Å². The van der Waals surface area contributed by atoms with E-state index in [0.717, 1.165) is 0 Å². The number of nitrogens with zero attached hydrogens (tertiary/aromatic N) is 5. The van der Waals surface area contributed by atoms with Crippen molar-refractivity contribution in [3.05, 3.63) is 66.3 Å². The third-order valence-electron chi connectivity index (χ3n) is 3.98. The van der Waals surface area contributed by atoms with Gasteiger partial charge in [-0.3, -0.25) is 23.9 Å². The monoisotopic (exact) mass is 379 g/mol. The van der Waals surface area contributed by atoms with E-state index in [1.165, 1.54) is 23.2 Å². The minimum Gasteiger partial charge on any atom is -0.363 e. The maximum atomic E-state index is 12.8. The quantitative estimate of drug-likeness (QED) is 0.539. The van der Waals surface area contributed by atoms with Crippen LogP contribution in [-0.2, 0) is 16.0 Å². The van der Waals surface area contributed by atoms with Crippen molar-refractivity contribution in [3.8, 4) is 5.95 Å². The molecule has 0 fully saturated rings. The van der Waals surface area contributed by atoms with Crippen LogP contribution in [0.25, 0.3) is 5.95 Å². The van der Waals surface area contributed by atoms with Gasteiger partial charge in [-0.05, 0) is 30.7 Å². The summed E-state index contributed by atoms with van der Waals surface area (Å²) in [4.78, 5) is 52.7. The van der Waals surface area contributed by atoms with Gasteiger partial charge >= 0.3 is 0 Å². The molecule has 3 aromatic rings. The van der Waals surface area contributed by atoms with Gasteiger partial charge in [0.2, 0.25) is 11.7 Å². The zero-order chi connectivity index (χ0) is 20.1. The van der Waals surface area contributed by atoms with Gasteiger partial charge in [0, 0.05) is 31.2 Å². The minimum atomic E-state index is -1.13. The van der Waals surface area contributed by atoms with Crippen LogP contribution in [0.5, 0.6) is 0 Å². The fourth-order valence-corrected chi connectivity index (χ4v) is 2.63. The normalized spacial score (nSPS) is 11.6. The fourth-order valence-electron chi connectivity index (χ4n) is 2.63. The second-order valence-corrected chi connectivity index (χ2v) is 5.89. The van der Waals surface area contributed by atoms with E-state index in [1.54, 1.807) is 37.5 Å². The van der Waals surface area contributed by atoms with Crippen molar-refractivity contribution in [1.29, 1.82) is 0 Å². The Kier molecular flexibility index (Phi) is 5.49. The number of carbonyl (C=O) groups excluding carboxylic acids is 3. The van der Waals surface area contributed by atoms with Crippen molar-refractivity contribution < 1.29 is 14.4 Å². The molecule has 1 atom stereocenters. The van der Waals surface area contributed by atoms with E-state index in [0.29, 0.717) is 11.4 Å². The predicted octanol–water partition coefficient (Wildman–Crippen LogP) is -0.239. The number of hydrogen-bond donors (Lipinski definition) is 2. The second kappa shape index (κ2) is 8.16. The lowest BCUT2D eigenvalue weighted by Gasteiger charge is -2.17. The summed E-state index contributed by atoms with van der Waals surface area (Å²) < 4.78 is 1.45. The van der Waals surface area contributed by atoms with Gasteiger partial charge < -0.3 is 11.1 Å². The number of carbonyl (C=O) groups is 3. The number of aromatic nitrogens is 5. The zero-order valence-electron chi connectivity index (χ0n) is 14.9. The van der Waals surface area contributed by atoms with Gasteiger partial charge in [-0.15, -0.1) is 0 Å². The van der Waals surface area contributed by atoms with Crippen LogP contribution in [-0.4, -0.2) is 48.1 Å². The molecule has 0 saturated carbocycles. The lowest BCUT2D eigenvalue weighted by molar-refractivity contribution is -0.137. The number of nitrogens with two attached hydrogens (primary N) is 1. The van der Waals surface area contributed by atoms with Gasteiger partial charge in [0.05, 0.1) is 6.20 Å². The smallest absolute Gasteiger partial charge is 0.287 e. The van der Waals surface area contributed by atoms with Crippen molar-refractivity contribution in [1.82, 2.24) is 29.8 Å². The lowest BCUT2D eigenvalue weighted by atomic mass is 10.0. The summed E-state index contributed by atoms with van der Waals surface area (Å²) in [6.45, 7) is 1.69. The predicted molar refractivity (Wildman–Crippen MR) is 97.3 cm³/mol. The van der Waals surface area contributed by atoms with Crippen LogP contribution >= 0.6 is 0 Å². The molecule has 0 aliphatic rings. The van der Waals surface area contributed by atoms with E-state index >= 15 is 0 Å². The van der Waals surface area contributed by atoms with E-state index in [9.17, 15) is 14.4 Å². The van der Waals surface area contributed by atoms with Crippen molar-refractivity contribution in [2.75, 3.05) is 0 Å². The highest BCUT2D eigenvalue weighted by Gasteiger charge is 2.27. The van der Waals surface area contributed by atoms with Gasteiger partial charge in [-0.2, -0.15) is 0 Å². The van der Waals surface area contributed by atoms with E-state index < -0.39 is 23.6 Å². The fraction of sp³-hybridized carbons (Fsp3) is 0.167. The topological polar surface area (TPSA) is 146 Å². The van der Waals surface area contributed by atoms with Crippen LogP contribution in [0, 0.1) is 6.92 Å². The van der Waals surface area contributed by atoms with Crippen LogP contribution < -0.4 is 11.1 Å². The molecule has 2 amide bonds. The molecule has 10 nitrogen and oxygen atoms in total. The molecule has 0 bridgehead atoms. The van der Waals surface area contributed by atoms with Crippen molar-refractivity contribution in [3.63, 3.8) is 0 Å².